The van der Waals surface area contributed by atoms with E-state index in [1.807, 2.05) is 6.07 Å². The number of alkyl halides is 2. The van der Waals surface area contributed by atoms with Gasteiger partial charge in [0, 0.05) is 18.8 Å². The second-order valence-corrected chi connectivity index (χ2v) is 8.33. The van der Waals surface area contributed by atoms with Gasteiger partial charge in [0.15, 0.2) is 11.5 Å². The van der Waals surface area contributed by atoms with Gasteiger partial charge in [0.25, 0.3) is 0 Å². The molecule has 34 heavy (non-hydrogen) atoms. The lowest BCUT2D eigenvalue weighted by atomic mass is 10.1. The molecule has 184 valence electrons. The zero-order valence-corrected chi connectivity index (χ0v) is 19.9. The Morgan fingerprint density at radius 2 is 1.82 bits per heavy atom. The average molecular weight is 477 g/mol. The molecule has 9 heteroatoms. The molecule has 0 fully saturated rings. The zero-order chi connectivity index (χ0) is 25.3. The van der Waals surface area contributed by atoms with E-state index >= 15 is 0 Å². The third kappa shape index (κ3) is 8.73. The van der Waals surface area contributed by atoms with Crippen molar-refractivity contribution < 1.29 is 32.6 Å². The van der Waals surface area contributed by atoms with Crippen LogP contribution in [0.25, 0.3) is 6.08 Å². The molecular weight excluding hydrogens is 446 g/mol. The van der Waals surface area contributed by atoms with Crippen molar-refractivity contribution >= 4 is 23.8 Å². The molecule has 0 unspecified atom stereocenters. The fourth-order valence-electron chi connectivity index (χ4n) is 2.88. The van der Waals surface area contributed by atoms with E-state index in [0.717, 1.165) is 5.56 Å². The molecule has 0 saturated carbocycles. The Kier molecular flexibility index (Phi) is 9.41. The Labute approximate surface area is 198 Å². The lowest BCUT2D eigenvalue weighted by Crippen LogP contribution is -2.34. The molecule has 0 bridgehead atoms. The van der Waals surface area contributed by atoms with Crippen LogP contribution in [-0.2, 0) is 16.1 Å². The lowest BCUT2D eigenvalue weighted by molar-refractivity contribution is -0.111. The highest BCUT2D eigenvalue weighted by molar-refractivity contribution is 6.02. The standard InChI is InChI=1S/C25H30F2N2O5/c1-6-32-21-15-17(11-13-20(21)33-23(26)27)12-14-22(30)28-19-10-8-7-9-18(19)16-29(5)24(31)34-25(2,3)4/h7-15,23H,6,16H2,1-5H3,(H,28,30). The van der Waals surface area contributed by atoms with Crippen LogP contribution in [0.3, 0.4) is 0 Å². The van der Waals surface area contributed by atoms with Crippen LogP contribution in [0.5, 0.6) is 11.5 Å². The smallest absolute Gasteiger partial charge is 0.410 e. The van der Waals surface area contributed by atoms with Gasteiger partial charge in [-0.15, -0.1) is 0 Å². The van der Waals surface area contributed by atoms with Crippen molar-refractivity contribution in [2.75, 3.05) is 19.0 Å². The van der Waals surface area contributed by atoms with Gasteiger partial charge in [0.2, 0.25) is 5.91 Å². The minimum absolute atomic E-state index is 0.0820. The lowest BCUT2D eigenvalue weighted by Gasteiger charge is -2.25. The zero-order valence-electron chi connectivity index (χ0n) is 19.9. The Balaban J connectivity index is 2.09. The number of ether oxygens (including phenoxy) is 3. The molecule has 2 amide bonds. The summed E-state index contributed by atoms with van der Waals surface area (Å²) in [4.78, 5) is 26.2. The summed E-state index contributed by atoms with van der Waals surface area (Å²) in [6.07, 6.45) is 2.37. The van der Waals surface area contributed by atoms with E-state index in [9.17, 15) is 18.4 Å². The number of halogens is 2. The van der Waals surface area contributed by atoms with E-state index in [2.05, 4.69) is 10.1 Å². The van der Waals surface area contributed by atoms with Gasteiger partial charge in [-0.25, -0.2) is 4.79 Å². The fourth-order valence-corrected chi connectivity index (χ4v) is 2.88. The molecule has 0 atom stereocenters. The predicted octanol–water partition coefficient (Wildman–Crippen LogP) is 5.71. The number of hydrogen-bond donors (Lipinski definition) is 1. The fraction of sp³-hybridized carbons (Fsp3) is 0.360. The van der Waals surface area contributed by atoms with Crippen LogP contribution in [0.2, 0.25) is 0 Å². The van der Waals surface area contributed by atoms with Crippen molar-refractivity contribution in [3.05, 3.63) is 59.7 Å². The second kappa shape index (κ2) is 12.0. The van der Waals surface area contributed by atoms with Gasteiger partial charge >= 0.3 is 12.7 Å². The van der Waals surface area contributed by atoms with Crippen molar-refractivity contribution in [2.24, 2.45) is 0 Å². The van der Waals surface area contributed by atoms with Gasteiger partial charge in [-0.1, -0.05) is 24.3 Å². The van der Waals surface area contributed by atoms with Gasteiger partial charge in [-0.2, -0.15) is 8.78 Å². The molecule has 7 nitrogen and oxygen atoms in total. The monoisotopic (exact) mass is 476 g/mol. The number of nitrogens with one attached hydrogen (secondary N) is 1. The molecule has 0 aliphatic carbocycles. The van der Waals surface area contributed by atoms with E-state index in [1.165, 1.54) is 35.3 Å². The number of para-hydroxylation sites is 1. The number of anilines is 1. The van der Waals surface area contributed by atoms with E-state index < -0.39 is 24.2 Å². The third-order valence-electron chi connectivity index (χ3n) is 4.30. The number of nitrogens with zero attached hydrogens (tertiary/aromatic N) is 1. The number of amides is 2. The largest absolute Gasteiger partial charge is 0.490 e. The van der Waals surface area contributed by atoms with Crippen LogP contribution in [0.4, 0.5) is 19.3 Å². The van der Waals surface area contributed by atoms with Gasteiger partial charge in [0.1, 0.15) is 5.60 Å². The first-order valence-electron chi connectivity index (χ1n) is 10.7. The quantitative estimate of drug-likeness (QED) is 0.470. The molecule has 2 aromatic carbocycles. The maximum absolute atomic E-state index is 12.6. The second-order valence-electron chi connectivity index (χ2n) is 8.33. The molecule has 0 aromatic heterocycles. The normalized spacial score (nSPS) is 11.4. The molecule has 0 spiro atoms. The predicted molar refractivity (Wildman–Crippen MR) is 126 cm³/mol. The summed E-state index contributed by atoms with van der Waals surface area (Å²) in [6, 6.07) is 11.5. The van der Waals surface area contributed by atoms with Crippen molar-refractivity contribution in [3.63, 3.8) is 0 Å². The minimum atomic E-state index is -2.97. The van der Waals surface area contributed by atoms with Gasteiger partial charge in [-0.05, 0) is 63.1 Å². The van der Waals surface area contributed by atoms with Crippen molar-refractivity contribution in [1.82, 2.24) is 4.90 Å². The summed E-state index contributed by atoms with van der Waals surface area (Å²) in [7, 11) is 1.62. The highest BCUT2D eigenvalue weighted by Gasteiger charge is 2.20. The summed E-state index contributed by atoms with van der Waals surface area (Å²) in [5.74, 6) is -0.333. The van der Waals surface area contributed by atoms with Crippen LogP contribution in [0.15, 0.2) is 48.5 Å². The van der Waals surface area contributed by atoms with E-state index in [1.54, 1.807) is 52.9 Å². The molecular formula is C25H30F2N2O5. The molecule has 0 saturated heterocycles. The summed E-state index contributed by atoms with van der Waals surface area (Å²) in [5.41, 5.74) is 1.22. The van der Waals surface area contributed by atoms with Crippen molar-refractivity contribution in [3.8, 4) is 11.5 Å². The summed E-state index contributed by atoms with van der Waals surface area (Å²) < 4.78 is 40.3. The van der Waals surface area contributed by atoms with Gasteiger partial charge < -0.3 is 24.4 Å². The van der Waals surface area contributed by atoms with E-state index in [-0.39, 0.29) is 24.7 Å². The summed E-state index contributed by atoms with van der Waals surface area (Å²) in [5, 5.41) is 2.79. The number of carbonyl (C=O) groups is 2. The van der Waals surface area contributed by atoms with Crippen LogP contribution in [-0.4, -0.2) is 42.8 Å². The summed E-state index contributed by atoms with van der Waals surface area (Å²) >= 11 is 0. The topological polar surface area (TPSA) is 77.1 Å². The summed E-state index contributed by atoms with van der Waals surface area (Å²) in [6.45, 7) is 4.61. The first-order chi connectivity index (χ1) is 16.0. The molecule has 2 aromatic rings. The van der Waals surface area contributed by atoms with Gasteiger partial charge in [-0.3, -0.25) is 4.79 Å². The SMILES string of the molecule is CCOc1cc(C=CC(=O)Nc2ccccc2CN(C)C(=O)OC(C)(C)C)ccc1OC(F)F. The number of rotatable bonds is 9. The number of carbonyl (C=O) groups excluding carboxylic acids is 2. The number of benzene rings is 2. The average Bonchev–Trinajstić information content (AvgIpc) is 2.74. The Morgan fingerprint density at radius 3 is 2.47 bits per heavy atom. The first-order valence-corrected chi connectivity index (χ1v) is 10.7. The maximum Gasteiger partial charge on any atom is 0.410 e. The van der Waals surface area contributed by atoms with Crippen LogP contribution >= 0.6 is 0 Å². The molecule has 2 rings (SSSR count). The number of hydrogen-bond acceptors (Lipinski definition) is 5. The van der Waals surface area contributed by atoms with E-state index in [4.69, 9.17) is 9.47 Å². The highest BCUT2D eigenvalue weighted by atomic mass is 19.3. The molecule has 1 N–H and O–H groups in total. The Hall–Kier alpha value is -3.62. The van der Waals surface area contributed by atoms with Crippen molar-refractivity contribution in [2.45, 2.75) is 46.5 Å². The molecule has 0 radical (unpaired) electrons. The third-order valence-corrected chi connectivity index (χ3v) is 4.30. The minimum Gasteiger partial charge on any atom is -0.490 e. The van der Waals surface area contributed by atoms with Crippen LogP contribution < -0.4 is 14.8 Å². The van der Waals surface area contributed by atoms with Crippen LogP contribution in [0.1, 0.15) is 38.8 Å². The maximum atomic E-state index is 12.6. The molecule has 0 aliphatic rings. The van der Waals surface area contributed by atoms with Crippen molar-refractivity contribution in [1.29, 1.82) is 0 Å². The molecule has 0 heterocycles. The Morgan fingerprint density at radius 1 is 1.12 bits per heavy atom. The molecule has 0 aliphatic heterocycles. The van der Waals surface area contributed by atoms with E-state index in [0.29, 0.717) is 11.3 Å². The highest BCUT2D eigenvalue weighted by Crippen LogP contribution is 2.30. The first kappa shape index (κ1) is 26.6. The Bertz CT molecular complexity index is 1020. The van der Waals surface area contributed by atoms with Gasteiger partial charge in [0.05, 0.1) is 13.2 Å². The van der Waals surface area contributed by atoms with Crippen LogP contribution in [0, 0.1) is 0 Å².